The quantitative estimate of drug-likeness (QED) is 0.593. The molecule has 0 spiro atoms. The lowest BCUT2D eigenvalue weighted by Gasteiger charge is -2.07. The van der Waals surface area contributed by atoms with Crippen LogP contribution in [-0.2, 0) is 4.79 Å². The molecule has 0 radical (unpaired) electrons. The van der Waals surface area contributed by atoms with Gasteiger partial charge in [-0.2, -0.15) is 0 Å². The molecule has 0 aliphatic carbocycles. The number of allylic oxidation sites excluding steroid dienone is 1. The number of carboxylic acids is 1. The van der Waals surface area contributed by atoms with E-state index in [0.717, 1.165) is 6.07 Å². The molecular formula is C15H13NO5. The molecule has 0 unspecified atom stereocenters. The predicted molar refractivity (Wildman–Crippen MR) is 76.1 cm³/mol. The Morgan fingerprint density at radius 1 is 1.29 bits per heavy atom. The second-order valence-corrected chi connectivity index (χ2v) is 4.33. The van der Waals surface area contributed by atoms with Crippen molar-refractivity contribution in [2.45, 2.75) is 6.92 Å². The van der Waals surface area contributed by atoms with Crippen LogP contribution in [0.15, 0.2) is 47.1 Å². The topological polar surface area (TPSA) is 99.8 Å². The molecule has 2 aromatic rings. The average molecular weight is 287 g/mol. The molecule has 1 amide bonds. The number of carboxylic acid groups (broad SMARTS) is 1. The standard InChI is InChI=1S/C15H13NO5/c1-9(13-3-2-6-21-13)7-14(18)16-12-5-4-10(17)8-11(12)15(19)20/h2-8,17H,1H3,(H,16,18)(H,19,20). The minimum atomic E-state index is -1.24. The molecule has 0 aliphatic heterocycles. The van der Waals surface area contributed by atoms with Gasteiger partial charge in [-0.3, -0.25) is 4.79 Å². The van der Waals surface area contributed by atoms with E-state index in [4.69, 9.17) is 9.52 Å². The summed E-state index contributed by atoms with van der Waals surface area (Å²) in [5, 5.41) is 20.8. The first kappa shape index (κ1) is 14.4. The number of carbonyl (C=O) groups excluding carboxylic acids is 1. The smallest absolute Gasteiger partial charge is 0.337 e. The van der Waals surface area contributed by atoms with Gasteiger partial charge in [0.2, 0.25) is 5.91 Å². The van der Waals surface area contributed by atoms with Gasteiger partial charge in [0, 0.05) is 6.08 Å². The first-order valence-electron chi connectivity index (χ1n) is 6.07. The summed E-state index contributed by atoms with van der Waals surface area (Å²) in [4.78, 5) is 23.0. The van der Waals surface area contributed by atoms with E-state index < -0.39 is 11.9 Å². The molecule has 0 saturated heterocycles. The van der Waals surface area contributed by atoms with Gasteiger partial charge in [-0.05, 0) is 42.8 Å². The molecular weight excluding hydrogens is 274 g/mol. The third-order valence-corrected chi connectivity index (χ3v) is 2.75. The highest BCUT2D eigenvalue weighted by Gasteiger charge is 2.13. The number of hydrogen-bond donors (Lipinski definition) is 3. The Hall–Kier alpha value is -3.02. The number of anilines is 1. The zero-order chi connectivity index (χ0) is 15.4. The highest BCUT2D eigenvalue weighted by atomic mass is 16.4. The van der Waals surface area contributed by atoms with Crippen molar-refractivity contribution in [3.63, 3.8) is 0 Å². The van der Waals surface area contributed by atoms with E-state index in [1.165, 1.54) is 24.5 Å². The van der Waals surface area contributed by atoms with Crippen LogP contribution >= 0.6 is 0 Å². The highest BCUT2D eigenvalue weighted by Crippen LogP contribution is 2.22. The lowest BCUT2D eigenvalue weighted by molar-refractivity contribution is -0.111. The van der Waals surface area contributed by atoms with E-state index in [1.54, 1.807) is 19.1 Å². The third-order valence-electron chi connectivity index (χ3n) is 2.75. The Balaban J connectivity index is 2.20. The van der Waals surface area contributed by atoms with Crippen LogP contribution in [0.2, 0.25) is 0 Å². The van der Waals surface area contributed by atoms with Crippen molar-refractivity contribution in [3.8, 4) is 5.75 Å². The Labute approximate surface area is 120 Å². The van der Waals surface area contributed by atoms with Crippen LogP contribution in [0.4, 0.5) is 5.69 Å². The van der Waals surface area contributed by atoms with Gasteiger partial charge < -0.3 is 19.9 Å². The minimum absolute atomic E-state index is 0.105. The maximum absolute atomic E-state index is 11.9. The monoisotopic (exact) mass is 287 g/mol. The van der Waals surface area contributed by atoms with Crippen molar-refractivity contribution in [2.75, 3.05) is 5.32 Å². The van der Waals surface area contributed by atoms with Crippen LogP contribution in [0.5, 0.6) is 5.75 Å². The summed E-state index contributed by atoms with van der Waals surface area (Å²) < 4.78 is 5.15. The fourth-order valence-electron chi connectivity index (χ4n) is 1.76. The van der Waals surface area contributed by atoms with Gasteiger partial charge in [0.1, 0.15) is 11.5 Å². The van der Waals surface area contributed by atoms with Crippen molar-refractivity contribution >= 4 is 23.1 Å². The number of furan rings is 1. The molecule has 1 heterocycles. The maximum Gasteiger partial charge on any atom is 0.337 e. The number of carbonyl (C=O) groups is 2. The lowest BCUT2D eigenvalue weighted by atomic mass is 10.1. The maximum atomic E-state index is 11.9. The lowest BCUT2D eigenvalue weighted by Crippen LogP contribution is -2.12. The molecule has 3 N–H and O–H groups in total. The van der Waals surface area contributed by atoms with Gasteiger partial charge in [-0.15, -0.1) is 0 Å². The van der Waals surface area contributed by atoms with Crippen LogP contribution in [0.25, 0.3) is 5.57 Å². The molecule has 0 fully saturated rings. The highest BCUT2D eigenvalue weighted by molar-refractivity contribution is 6.07. The summed E-state index contributed by atoms with van der Waals surface area (Å²) in [5.74, 6) is -1.37. The summed E-state index contributed by atoms with van der Waals surface area (Å²) in [5.41, 5.74) is 0.523. The van der Waals surface area contributed by atoms with E-state index in [0.29, 0.717) is 11.3 Å². The largest absolute Gasteiger partial charge is 0.508 e. The fraction of sp³-hybridized carbons (Fsp3) is 0.0667. The van der Waals surface area contributed by atoms with Crippen molar-refractivity contribution in [3.05, 3.63) is 54.0 Å². The molecule has 0 atom stereocenters. The summed E-state index contributed by atoms with van der Waals surface area (Å²) in [6, 6.07) is 7.11. The Morgan fingerprint density at radius 3 is 2.67 bits per heavy atom. The van der Waals surface area contributed by atoms with Crippen molar-refractivity contribution in [1.82, 2.24) is 0 Å². The summed E-state index contributed by atoms with van der Waals surface area (Å²) in [7, 11) is 0. The molecule has 6 heteroatoms. The second kappa shape index (κ2) is 5.96. The normalized spacial score (nSPS) is 11.2. The number of aromatic hydroxyl groups is 1. The Bertz CT molecular complexity index is 701. The predicted octanol–water partition coefficient (Wildman–Crippen LogP) is 2.73. The van der Waals surface area contributed by atoms with E-state index >= 15 is 0 Å². The van der Waals surface area contributed by atoms with Gasteiger partial charge in [-0.1, -0.05) is 0 Å². The van der Waals surface area contributed by atoms with Crippen LogP contribution in [0, 0.1) is 0 Å². The summed E-state index contributed by atoms with van der Waals surface area (Å²) in [6.07, 6.45) is 2.80. The molecule has 6 nitrogen and oxygen atoms in total. The van der Waals surface area contributed by atoms with Crippen LogP contribution in [0.1, 0.15) is 23.0 Å². The fourth-order valence-corrected chi connectivity index (χ4v) is 1.76. The molecule has 0 bridgehead atoms. The number of amides is 1. The SMILES string of the molecule is CC(=CC(=O)Nc1ccc(O)cc1C(=O)O)c1ccco1. The number of rotatable bonds is 4. The number of phenols is 1. The molecule has 1 aromatic heterocycles. The first-order valence-corrected chi connectivity index (χ1v) is 6.07. The Morgan fingerprint density at radius 2 is 2.05 bits per heavy atom. The second-order valence-electron chi connectivity index (χ2n) is 4.33. The molecule has 0 aliphatic rings. The third kappa shape index (κ3) is 3.50. The molecule has 108 valence electrons. The van der Waals surface area contributed by atoms with Crippen LogP contribution in [-0.4, -0.2) is 22.1 Å². The van der Waals surface area contributed by atoms with Gasteiger partial charge in [-0.25, -0.2) is 4.79 Å². The number of phenolic OH excluding ortho intramolecular Hbond substituents is 1. The Kier molecular flexibility index (Phi) is 4.08. The summed E-state index contributed by atoms with van der Waals surface area (Å²) in [6.45, 7) is 1.70. The number of hydrogen-bond acceptors (Lipinski definition) is 4. The zero-order valence-electron chi connectivity index (χ0n) is 11.2. The number of benzene rings is 1. The molecule has 2 rings (SSSR count). The van der Waals surface area contributed by atoms with Gasteiger partial charge in [0.05, 0.1) is 17.5 Å². The van der Waals surface area contributed by atoms with Crippen molar-refractivity contribution < 1.29 is 24.2 Å². The molecule has 1 aromatic carbocycles. The van der Waals surface area contributed by atoms with Crippen molar-refractivity contribution in [2.24, 2.45) is 0 Å². The van der Waals surface area contributed by atoms with Gasteiger partial charge >= 0.3 is 5.97 Å². The molecule has 0 saturated carbocycles. The van der Waals surface area contributed by atoms with Crippen molar-refractivity contribution in [1.29, 1.82) is 0 Å². The van der Waals surface area contributed by atoms with E-state index in [1.807, 2.05) is 0 Å². The zero-order valence-corrected chi connectivity index (χ0v) is 11.2. The minimum Gasteiger partial charge on any atom is -0.508 e. The van der Waals surface area contributed by atoms with E-state index in [9.17, 15) is 14.7 Å². The number of nitrogens with one attached hydrogen (secondary N) is 1. The van der Waals surface area contributed by atoms with E-state index in [-0.39, 0.29) is 17.0 Å². The van der Waals surface area contributed by atoms with Crippen LogP contribution in [0.3, 0.4) is 0 Å². The average Bonchev–Trinajstić information content (AvgIpc) is 2.94. The van der Waals surface area contributed by atoms with Crippen LogP contribution < -0.4 is 5.32 Å². The molecule has 21 heavy (non-hydrogen) atoms. The van der Waals surface area contributed by atoms with Gasteiger partial charge in [0.25, 0.3) is 0 Å². The first-order chi connectivity index (χ1) is 9.97. The number of aromatic carboxylic acids is 1. The van der Waals surface area contributed by atoms with E-state index in [2.05, 4.69) is 5.32 Å². The van der Waals surface area contributed by atoms with Gasteiger partial charge in [0.15, 0.2) is 0 Å². The summed E-state index contributed by atoms with van der Waals surface area (Å²) >= 11 is 0.